The molecule has 1 aromatic heterocycles. The van der Waals surface area contributed by atoms with Crippen LogP contribution in [0.25, 0.3) is 0 Å². The molecule has 1 unspecified atom stereocenters. The quantitative estimate of drug-likeness (QED) is 0.805. The molecule has 0 aromatic carbocycles. The van der Waals surface area contributed by atoms with Gasteiger partial charge in [0.15, 0.2) is 0 Å². The molecule has 0 amide bonds. The highest BCUT2D eigenvalue weighted by molar-refractivity contribution is 7.09. The predicted octanol–water partition coefficient (Wildman–Crippen LogP) is 2.62. The Morgan fingerprint density at radius 2 is 2.12 bits per heavy atom. The zero-order chi connectivity index (χ0) is 12.2. The van der Waals surface area contributed by atoms with Crippen LogP contribution in [0.5, 0.6) is 0 Å². The first kappa shape index (κ1) is 13.6. The van der Waals surface area contributed by atoms with Gasteiger partial charge in [-0.25, -0.2) is 4.98 Å². The summed E-state index contributed by atoms with van der Waals surface area (Å²) in [6, 6.07) is 0.291. The van der Waals surface area contributed by atoms with Crippen LogP contribution >= 0.6 is 11.3 Å². The van der Waals surface area contributed by atoms with Crippen molar-refractivity contribution in [3.63, 3.8) is 0 Å². The van der Waals surface area contributed by atoms with Crippen LogP contribution in [0.3, 0.4) is 0 Å². The van der Waals surface area contributed by atoms with Crippen molar-refractivity contribution < 1.29 is 0 Å². The van der Waals surface area contributed by atoms with Crippen LogP contribution in [0.4, 0.5) is 0 Å². The van der Waals surface area contributed by atoms with Gasteiger partial charge < -0.3 is 11.1 Å². The van der Waals surface area contributed by atoms with Gasteiger partial charge in [-0.1, -0.05) is 13.8 Å². The van der Waals surface area contributed by atoms with Gasteiger partial charge in [0, 0.05) is 23.2 Å². The maximum atomic E-state index is 6.25. The average molecular weight is 241 g/mol. The summed E-state index contributed by atoms with van der Waals surface area (Å²) < 4.78 is 0. The second-order valence-corrected chi connectivity index (χ2v) is 5.39. The normalized spacial score (nSPS) is 14.1. The molecule has 1 aromatic rings. The molecule has 4 heteroatoms. The topological polar surface area (TPSA) is 50.9 Å². The van der Waals surface area contributed by atoms with E-state index in [1.807, 2.05) is 6.92 Å². The lowest BCUT2D eigenvalue weighted by Crippen LogP contribution is -2.48. The Bertz CT molecular complexity index is 318. The minimum atomic E-state index is -0.0828. The number of rotatable bonds is 6. The van der Waals surface area contributed by atoms with Crippen molar-refractivity contribution in [2.45, 2.75) is 52.1 Å². The Labute approximate surface area is 102 Å². The number of hydrogen-bond donors (Lipinski definition) is 2. The summed E-state index contributed by atoms with van der Waals surface area (Å²) >= 11 is 1.71. The van der Waals surface area contributed by atoms with Crippen molar-refractivity contribution in [3.05, 3.63) is 16.1 Å². The second-order valence-electron chi connectivity index (χ2n) is 4.50. The molecule has 3 N–H and O–H groups in total. The summed E-state index contributed by atoms with van der Waals surface area (Å²) in [7, 11) is 0. The van der Waals surface area contributed by atoms with Gasteiger partial charge in [0.2, 0.25) is 0 Å². The number of hydrogen-bond acceptors (Lipinski definition) is 4. The minimum absolute atomic E-state index is 0.0828. The van der Waals surface area contributed by atoms with E-state index >= 15 is 0 Å². The molecule has 0 saturated heterocycles. The Hall–Kier alpha value is -0.450. The highest BCUT2D eigenvalue weighted by Crippen LogP contribution is 2.18. The van der Waals surface area contributed by atoms with Crippen LogP contribution in [0, 0.1) is 6.92 Å². The zero-order valence-electron chi connectivity index (χ0n) is 10.7. The minimum Gasteiger partial charge on any atom is -0.324 e. The molecule has 1 rings (SSSR count). The average Bonchev–Trinajstić information content (AvgIpc) is 2.72. The third kappa shape index (κ3) is 3.54. The lowest BCUT2D eigenvalue weighted by Gasteiger charge is -2.28. The fraction of sp³-hybridized carbons (Fsp3) is 0.750. The van der Waals surface area contributed by atoms with E-state index in [4.69, 9.17) is 5.73 Å². The Morgan fingerprint density at radius 1 is 1.50 bits per heavy atom. The SMILES string of the molecule is CCC(N)(CC)CNC(C)c1nc(C)cs1. The maximum Gasteiger partial charge on any atom is 0.110 e. The van der Waals surface area contributed by atoms with Gasteiger partial charge in [-0.2, -0.15) is 0 Å². The Balaban J connectivity index is 2.49. The van der Waals surface area contributed by atoms with E-state index in [1.54, 1.807) is 11.3 Å². The second kappa shape index (κ2) is 5.75. The van der Waals surface area contributed by atoms with Crippen LogP contribution in [-0.2, 0) is 0 Å². The molecule has 0 radical (unpaired) electrons. The molecular formula is C12H23N3S. The van der Waals surface area contributed by atoms with Crippen LogP contribution in [0.2, 0.25) is 0 Å². The number of nitrogens with zero attached hydrogens (tertiary/aromatic N) is 1. The summed E-state index contributed by atoms with van der Waals surface area (Å²) in [5.41, 5.74) is 7.26. The Kier molecular flexibility index (Phi) is 4.89. The molecule has 0 aliphatic heterocycles. The molecule has 0 aliphatic carbocycles. The third-order valence-electron chi connectivity index (χ3n) is 3.18. The summed E-state index contributed by atoms with van der Waals surface area (Å²) in [6.07, 6.45) is 2.00. The van der Waals surface area contributed by atoms with Crippen molar-refractivity contribution >= 4 is 11.3 Å². The van der Waals surface area contributed by atoms with Crippen LogP contribution in [-0.4, -0.2) is 17.1 Å². The van der Waals surface area contributed by atoms with Gasteiger partial charge in [0.05, 0.1) is 6.04 Å². The number of nitrogens with two attached hydrogens (primary N) is 1. The molecule has 0 saturated carbocycles. The molecule has 0 fully saturated rings. The lowest BCUT2D eigenvalue weighted by molar-refractivity contribution is 0.353. The van der Waals surface area contributed by atoms with E-state index in [2.05, 4.69) is 36.5 Å². The molecule has 0 spiro atoms. The van der Waals surface area contributed by atoms with Crippen LogP contribution in [0.15, 0.2) is 5.38 Å². The fourth-order valence-electron chi connectivity index (χ4n) is 1.51. The van der Waals surface area contributed by atoms with Gasteiger partial charge in [-0.3, -0.25) is 0 Å². The van der Waals surface area contributed by atoms with E-state index in [-0.39, 0.29) is 5.54 Å². The monoisotopic (exact) mass is 241 g/mol. The van der Waals surface area contributed by atoms with E-state index in [9.17, 15) is 0 Å². The van der Waals surface area contributed by atoms with Gasteiger partial charge >= 0.3 is 0 Å². The predicted molar refractivity (Wildman–Crippen MR) is 70.8 cm³/mol. The molecule has 1 heterocycles. The largest absolute Gasteiger partial charge is 0.324 e. The Morgan fingerprint density at radius 3 is 2.56 bits per heavy atom. The summed E-state index contributed by atoms with van der Waals surface area (Å²) in [4.78, 5) is 4.48. The van der Waals surface area contributed by atoms with Gasteiger partial charge in [0.1, 0.15) is 5.01 Å². The van der Waals surface area contributed by atoms with Crippen molar-refractivity contribution in [3.8, 4) is 0 Å². The van der Waals surface area contributed by atoms with Gasteiger partial charge in [0.25, 0.3) is 0 Å². The molecule has 1 atom stereocenters. The van der Waals surface area contributed by atoms with Gasteiger partial charge in [-0.05, 0) is 26.7 Å². The zero-order valence-corrected chi connectivity index (χ0v) is 11.5. The standard InChI is InChI=1S/C12H23N3S/c1-5-12(13,6-2)8-14-10(4)11-15-9(3)7-16-11/h7,10,14H,5-6,8,13H2,1-4H3. The number of thiazole rings is 1. The first-order valence-corrected chi connectivity index (χ1v) is 6.83. The molecule has 3 nitrogen and oxygen atoms in total. The first-order chi connectivity index (χ1) is 7.50. The van der Waals surface area contributed by atoms with Crippen molar-refractivity contribution in [2.24, 2.45) is 5.73 Å². The molecule has 16 heavy (non-hydrogen) atoms. The summed E-state index contributed by atoms with van der Waals surface area (Å²) in [5, 5.41) is 6.71. The highest BCUT2D eigenvalue weighted by atomic mass is 32.1. The molecular weight excluding hydrogens is 218 g/mol. The number of aromatic nitrogens is 1. The van der Waals surface area contributed by atoms with E-state index in [0.29, 0.717) is 6.04 Å². The molecule has 92 valence electrons. The van der Waals surface area contributed by atoms with Crippen LogP contribution in [0.1, 0.15) is 50.4 Å². The number of nitrogens with one attached hydrogen (secondary N) is 1. The summed E-state index contributed by atoms with van der Waals surface area (Å²) in [6.45, 7) is 9.30. The van der Waals surface area contributed by atoms with E-state index in [1.165, 1.54) is 0 Å². The molecule has 0 bridgehead atoms. The first-order valence-electron chi connectivity index (χ1n) is 5.95. The van der Waals surface area contributed by atoms with Crippen molar-refractivity contribution in [1.82, 2.24) is 10.3 Å². The summed E-state index contributed by atoms with van der Waals surface area (Å²) in [5.74, 6) is 0. The lowest BCUT2D eigenvalue weighted by atomic mass is 9.94. The van der Waals surface area contributed by atoms with Gasteiger partial charge in [-0.15, -0.1) is 11.3 Å². The van der Waals surface area contributed by atoms with Crippen molar-refractivity contribution in [2.75, 3.05) is 6.54 Å². The van der Waals surface area contributed by atoms with Crippen molar-refractivity contribution in [1.29, 1.82) is 0 Å². The smallest absolute Gasteiger partial charge is 0.110 e. The maximum absolute atomic E-state index is 6.25. The van der Waals surface area contributed by atoms with E-state index < -0.39 is 0 Å². The number of aryl methyl sites for hydroxylation is 1. The van der Waals surface area contributed by atoms with Crippen LogP contribution < -0.4 is 11.1 Å². The fourth-order valence-corrected chi connectivity index (χ4v) is 2.34. The van der Waals surface area contributed by atoms with E-state index in [0.717, 1.165) is 30.1 Å². The molecule has 0 aliphatic rings. The third-order valence-corrected chi connectivity index (χ3v) is 4.32. The highest BCUT2D eigenvalue weighted by Gasteiger charge is 2.21.